The van der Waals surface area contributed by atoms with Crippen LogP contribution in [0.1, 0.15) is 6.92 Å². The third-order valence-electron chi connectivity index (χ3n) is 3.03. The average molecular weight is 265 g/mol. The Morgan fingerprint density at radius 3 is 1.43 bits per heavy atom. The molecule has 0 rings (SSSR count). The molecule has 0 atom stereocenters. The summed E-state index contributed by atoms with van der Waals surface area (Å²) in [5.74, 6) is 0. The van der Waals surface area contributed by atoms with Crippen molar-refractivity contribution in [3.63, 3.8) is 0 Å². The fourth-order valence-electron chi connectivity index (χ4n) is 1.46. The molecule has 82 valence electrons. The lowest BCUT2D eigenvalue weighted by Gasteiger charge is -2.39. The molecular weight excluding hydrogens is 244 g/mol. The van der Waals surface area contributed by atoms with E-state index in [2.05, 4.69) is 43.1 Å². The van der Waals surface area contributed by atoms with Gasteiger partial charge in [-0.2, -0.15) is 0 Å². The second-order valence-electron chi connectivity index (χ2n) is 4.69. The van der Waals surface area contributed by atoms with Crippen LogP contribution >= 0.6 is 24.4 Å². The van der Waals surface area contributed by atoms with Crippen molar-refractivity contribution in [2.24, 2.45) is 0 Å². The molecule has 0 fully saturated rings. The van der Waals surface area contributed by atoms with Gasteiger partial charge in [-0.25, -0.2) is 0 Å². The molecule has 0 aromatic rings. The second kappa shape index (κ2) is 5.34. The number of nitrogens with one attached hydrogen (secondary N) is 2. The van der Waals surface area contributed by atoms with Crippen molar-refractivity contribution in [2.75, 3.05) is 0 Å². The van der Waals surface area contributed by atoms with Gasteiger partial charge in [0, 0.05) is 0 Å². The van der Waals surface area contributed by atoms with Gasteiger partial charge in [0.05, 0.1) is 11.0 Å². The molecule has 0 heterocycles. The zero-order chi connectivity index (χ0) is 11.4. The van der Waals surface area contributed by atoms with Crippen LogP contribution in [0, 0.1) is 0 Å². The van der Waals surface area contributed by atoms with Crippen LogP contribution in [0.15, 0.2) is 0 Å². The molecule has 2 N–H and O–H groups in total. The number of hydrogen-bond acceptors (Lipinski definition) is 2. The highest BCUT2D eigenvalue weighted by atomic mass is 32.1. The molecule has 0 aliphatic rings. The molecule has 0 bridgehead atoms. The van der Waals surface area contributed by atoms with Crippen molar-refractivity contribution in [1.29, 1.82) is 0 Å². The van der Waals surface area contributed by atoms with E-state index < -0.39 is 16.5 Å². The van der Waals surface area contributed by atoms with Gasteiger partial charge in [0.25, 0.3) is 0 Å². The standard InChI is InChI=1S/C8H20N2S2Si2/c1-8(13(2,3)9-6-11)14(4,5)10-7-12/h6-8H,1-5H3,(H,9,11)(H,10,12). The molecule has 0 unspecified atom stereocenters. The summed E-state index contributed by atoms with van der Waals surface area (Å²) < 4.78 is 0. The predicted octanol–water partition coefficient (Wildman–Crippen LogP) is 2.42. The van der Waals surface area contributed by atoms with E-state index in [4.69, 9.17) is 24.4 Å². The first-order chi connectivity index (χ1) is 6.28. The van der Waals surface area contributed by atoms with E-state index in [0.717, 1.165) is 0 Å². The highest BCUT2D eigenvalue weighted by molar-refractivity contribution is 7.79. The highest BCUT2D eigenvalue weighted by Crippen LogP contribution is 2.27. The first-order valence-corrected chi connectivity index (χ1v) is 11.8. The monoisotopic (exact) mass is 264 g/mol. The van der Waals surface area contributed by atoms with Gasteiger partial charge in [0.1, 0.15) is 16.5 Å². The van der Waals surface area contributed by atoms with E-state index >= 15 is 0 Å². The van der Waals surface area contributed by atoms with Gasteiger partial charge in [0.2, 0.25) is 0 Å². The van der Waals surface area contributed by atoms with E-state index in [1.165, 1.54) is 0 Å². The Hall–Kier alpha value is 0.214. The quantitative estimate of drug-likeness (QED) is 0.568. The van der Waals surface area contributed by atoms with Crippen LogP contribution in [0.3, 0.4) is 0 Å². The van der Waals surface area contributed by atoms with Gasteiger partial charge in [-0.05, 0) is 5.16 Å². The van der Waals surface area contributed by atoms with E-state index in [1.54, 1.807) is 11.0 Å². The third kappa shape index (κ3) is 3.76. The molecule has 0 amide bonds. The lowest BCUT2D eigenvalue weighted by molar-refractivity contribution is 1.09. The van der Waals surface area contributed by atoms with Crippen LogP contribution in [0.4, 0.5) is 0 Å². The lowest BCUT2D eigenvalue weighted by Crippen LogP contribution is -2.60. The maximum atomic E-state index is 4.87. The van der Waals surface area contributed by atoms with E-state index in [9.17, 15) is 0 Å². The number of rotatable bonds is 6. The van der Waals surface area contributed by atoms with Crippen LogP contribution in [-0.2, 0) is 0 Å². The van der Waals surface area contributed by atoms with Crippen molar-refractivity contribution in [3.05, 3.63) is 0 Å². The summed E-state index contributed by atoms with van der Waals surface area (Å²) in [6.45, 7) is 11.5. The number of thiocarbonyl (C=S) groups is 2. The molecule has 0 aromatic heterocycles. The Labute approximate surface area is 100 Å². The smallest absolute Gasteiger partial charge is 0.149 e. The van der Waals surface area contributed by atoms with Crippen LogP contribution in [0.25, 0.3) is 0 Å². The second-order valence-corrected chi connectivity index (χ2v) is 14.9. The fourth-order valence-corrected chi connectivity index (χ4v) is 12.1. The zero-order valence-corrected chi connectivity index (χ0v) is 13.2. The number of hydrogen-bond donors (Lipinski definition) is 2. The van der Waals surface area contributed by atoms with Gasteiger partial charge in [-0.15, -0.1) is 0 Å². The molecule has 0 aliphatic heterocycles. The van der Waals surface area contributed by atoms with Crippen LogP contribution in [-0.4, -0.2) is 27.5 Å². The van der Waals surface area contributed by atoms with Gasteiger partial charge in [0.15, 0.2) is 0 Å². The maximum absolute atomic E-state index is 4.87. The summed E-state index contributed by atoms with van der Waals surface area (Å²) in [5.41, 5.74) is 3.31. The third-order valence-corrected chi connectivity index (χ3v) is 14.1. The highest BCUT2D eigenvalue weighted by Gasteiger charge is 2.40. The molecule has 2 nitrogen and oxygen atoms in total. The Balaban J connectivity index is 4.64. The molecule has 0 spiro atoms. The van der Waals surface area contributed by atoms with Crippen LogP contribution in [0.2, 0.25) is 31.4 Å². The molecule has 0 aromatic carbocycles. The summed E-state index contributed by atoms with van der Waals surface area (Å²) in [5, 5.41) is 0.661. The first kappa shape index (κ1) is 14.2. The molecule has 6 heteroatoms. The first-order valence-electron chi connectivity index (χ1n) is 4.70. The summed E-state index contributed by atoms with van der Waals surface area (Å²) >= 11 is 9.74. The van der Waals surface area contributed by atoms with Crippen molar-refractivity contribution in [1.82, 2.24) is 9.96 Å². The van der Waals surface area contributed by atoms with Crippen LogP contribution < -0.4 is 9.96 Å². The maximum Gasteiger partial charge on any atom is 0.149 e. The van der Waals surface area contributed by atoms with Gasteiger partial charge in [-0.1, -0.05) is 57.5 Å². The fraction of sp³-hybridized carbons (Fsp3) is 0.750. The molecular formula is C8H20N2S2Si2. The van der Waals surface area contributed by atoms with Crippen molar-refractivity contribution >= 4 is 51.9 Å². The molecule has 0 radical (unpaired) electrons. The Bertz CT molecular complexity index is 197. The summed E-state index contributed by atoms with van der Waals surface area (Å²) in [7, 11) is -2.91. The Morgan fingerprint density at radius 1 is 0.929 bits per heavy atom. The van der Waals surface area contributed by atoms with Crippen molar-refractivity contribution < 1.29 is 0 Å². The Morgan fingerprint density at radius 2 is 1.21 bits per heavy atom. The topological polar surface area (TPSA) is 24.1 Å². The van der Waals surface area contributed by atoms with Crippen molar-refractivity contribution in [2.45, 2.75) is 38.3 Å². The summed E-state index contributed by atoms with van der Waals surface area (Å²) in [6.07, 6.45) is 0. The molecule has 0 saturated carbocycles. The van der Waals surface area contributed by atoms with Crippen LogP contribution in [0.5, 0.6) is 0 Å². The summed E-state index contributed by atoms with van der Waals surface area (Å²) in [6, 6.07) is 0. The van der Waals surface area contributed by atoms with Gasteiger partial charge < -0.3 is 9.96 Å². The normalized spacial score (nSPS) is 12.4. The van der Waals surface area contributed by atoms with Gasteiger partial charge in [-0.3, -0.25) is 0 Å². The van der Waals surface area contributed by atoms with E-state index in [1.807, 2.05) is 0 Å². The predicted molar refractivity (Wildman–Crippen MR) is 78.0 cm³/mol. The largest absolute Gasteiger partial charge is 0.408 e. The molecule has 0 saturated heterocycles. The van der Waals surface area contributed by atoms with Crippen molar-refractivity contribution in [3.8, 4) is 0 Å². The molecule has 14 heavy (non-hydrogen) atoms. The van der Waals surface area contributed by atoms with E-state index in [-0.39, 0.29) is 0 Å². The minimum Gasteiger partial charge on any atom is -0.408 e. The zero-order valence-electron chi connectivity index (χ0n) is 9.55. The lowest BCUT2D eigenvalue weighted by atomic mass is 10.9. The minimum atomic E-state index is -1.46. The Kier molecular flexibility index (Phi) is 5.42. The summed E-state index contributed by atoms with van der Waals surface area (Å²) in [4.78, 5) is 6.72. The SMILES string of the molecule is CC([Si](C)(C)NC=S)[Si](C)(C)NC=S. The van der Waals surface area contributed by atoms with E-state index in [0.29, 0.717) is 5.16 Å². The minimum absolute atomic E-state index is 0.661. The van der Waals surface area contributed by atoms with Gasteiger partial charge >= 0.3 is 0 Å². The molecule has 0 aliphatic carbocycles. The average Bonchev–Trinajstić information content (AvgIpc) is 2.02.